The van der Waals surface area contributed by atoms with E-state index >= 15 is 0 Å². The van der Waals surface area contributed by atoms with Crippen molar-refractivity contribution in [1.29, 1.82) is 0 Å². The average molecular weight is 460 g/mol. The molecule has 0 saturated heterocycles. The Balaban J connectivity index is 1.19. The lowest BCUT2D eigenvalue weighted by atomic mass is 9.96. The molecule has 2 heterocycles. The van der Waals surface area contributed by atoms with Crippen LogP contribution >= 0.6 is 23.1 Å². The van der Waals surface area contributed by atoms with E-state index in [2.05, 4.69) is 31.3 Å². The molecule has 9 nitrogen and oxygen atoms in total. The molecule has 31 heavy (non-hydrogen) atoms. The number of amides is 2. The van der Waals surface area contributed by atoms with E-state index in [0.29, 0.717) is 11.9 Å². The zero-order chi connectivity index (χ0) is 21.6. The second kappa shape index (κ2) is 10.1. The monoisotopic (exact) mass is 459 g/mol. The maximum atomic E-state index is 12.2. The average Bonchev–Trinajstić information content (AvgIpc) is 3.36. The molecule has 2 aromatic heterocycles. The number of carbonyl (C=O) groups is 2. The molecule has 3 aromatic rings. The van der Waals surface area contributed by atoms with Gasteiger partial charge in [0, 0.05) is 13.1 Å². The van der Waals surface area contributed by atoms with Crippen molar-refractivity contribution in [1.82, 2.24) is 30.6 Å². The second-order valence-electron chi connectivity index (χ2n) is 7.49. The van der Waals surface area contributed by atoms with Crippen LogP contribution in [0, 0.1) is 0 Å². The molecule has 0 radical (unpaired) electrons. The van der Waals surface area contributed by atoms with Gasteiger partial charge < -0.3 is 9.88 Å². The predicted molar refractivity (Wildman–Crippen MR) is 122 cm³/mol. The van der Waals surface area contributed by atoms with Gasteiger partial charge in [0.05, 0.1) is 23.2 Å². The molecule has 0 spiro atoms. The summed E-state index contributed by atoms with van der Waals surface area (Å²) in [6.45, 7) is 0. The maximum absolute atomic E-state index is 12.2. The van der Waals surface area contributed by atoms with E-state index in [9.17, 15) is 9.59 Å². The number of hydrogen-bond acceptors (Lipinski definition) is 8. The molecular weight excluding hydrogens is 434 g/mol. The minimum Gasteiger partial charge on any atom is -0.357 e. The summed E-state index contributed by atoms with van der Waals surface area (Å²) < 4.78 is 2.60. The van der Waals surface area contributed by atoms with Gasteiger partial charge in [-0.05, 0) is 25.0 Å². The van der Waals surface area contributed by atoms with Crippen LogP contribution < -0.4 is 16.2 Å². The fourth-order valence-corrected chi connectivity index (χ4v) is 5.22. The van der Waals surface area contributed by atoms with E-state index < -0.39 is 0 Å². The number of rotatable bonds is 7. The van der Waals surface area contributed by atoms with Crippen LogP contribution in [0.5, 0.6) is 0 Å². The quantitative estimate of drug-likeness (QED) is 0.368. The third-order valence-electron chi connectivity index (χ3n) is 5.21. The van der Waals surface area contributed by atoms with E-state index in [0.717, 1.165) is 20.5 Å². The maximum Gasteiger partial charge on any atom is 0.248 e. The van der Waals surface area contributed by atoms with E-state index in [1.54, 1.807) is 0 Å². The molecule has 0 atom stereocenters. The van der Waals surface area contributed by atoms with Crippen LogP contribution in [0.1, 0.15) is 37.9 Å². The van der Waals surface area contributed by atoms with Crippen LogP contribution in [0.3, 0.4) is 0 Å². The number of imidazole rings is 1. The SMILES string of the molecule is Cn1c(CC(=O)NNC(=O)CSc2nnc(NC3CCCCC3)s2)nc2ccccc21. The first-order valence-corrected chi connectivity index (χ1v) is 12.1. The van der Waals surface area contributed by atoms with Crippen molar-refractivity contribution in [2.75, 3.05) is 11.1 Å². The van der Waals surface area contributed by atoms with Crippen molar-refractivity contribution in [3.8, 4) is 0 Å². The number of hydrazine groups is 1. The Bertz CT molecular complexity index is 1060. The summed E-state index contributed by atoms with van der Waals surface area (Å²) in [4.78, 5) is 28.7. The van der Waals surface area contributed by atoms with Crippen molar-refractivity contribution < 1.29 is 9.59 Å². The smallest absolute Gasteiger partial charge is 0.248 e. The van der Waals surface area contributed by atoms with Crippen molar-refractivity contribution in [2.45, 2.75) is 48.9 Å². The van der Waals surface area contributed by atoms with Crippen molar-refractivity contribution in [2.24, 2.45) is 7.05 Å². The lowest BCUT2D eigenvalue weighted by molar-refractivity contribution is -0.127. The molecule has 1 fully saturated rings. The second-order valence-corrected chi connectivity index (χ2v) is 9.69. The number of anilines is 1. The van der Waals surface area contributed by atoms with Gasteiger partial charge in [-0.25, -0.2) is 4.98 Å². The largest absolute Gasteiger partial charge is 0.357 e. The van der Waals surface area contributed by atoms with Crippen LogP contribution in [-0.4, -0.2) is 43.4 Å². The van der Waals surface area contributed by atoms with Crippen molar-refractivity contribution >= 4 is 51.1 Å². The number of hydrogen-bond donors (Lipinski definition) is 3. The highest BCUT2D eigenvalue weighted by atomic mass is 32.2. The minimum absolute atomic E-state index is 0.0746. The van der Waals surface area contributed by atoms with Gasteiger partial charge in [0.25, 0.3) is 0 Å². The predicted octanol–water partition coefficient (Wildman–Crippen LogP) is 2.65. The summed E-state index contributed by atoms with van der Waals surface area (Å²) in [5.41, 5.74) is 6.69. The highest BCUT2D eigenvalue weighted by molar-refractivity contribution is 8.01. The Morgan fingerprint density at radius 3 is 2.71 bits per heavy atom. The number of para-hydroxylation sites is 2. The normalized spacial score (nSPS) is 14.5. The van der Waals surface area contributed by atoms with Gasteiger partial charge in [0.2, 0.25) is 16.9 Å². The van der Waals surface area contributed by atoms with E-state index in [4.69, 9.17) is 0 Å². The number of fused-ring (bicyclic) bond motifs is 1. The fraction of sp³-hybridized carbons (Fsp3) is 0.450. The highest BCUT2D eigenvalue weighted by Crippen LogP contribution is 2.28. The number of benzene rings is 1. The molecule has 1 aliphatic rings. The summed E-state index contributed by atoms with van der Waals surface area (Å²) in [5, 5.41) is 12.5. The van der Waals surface area contributed by atoms with Crippen LogP contribution in [0.2, 0.25) is 0 Å². The van der Waals surface area contributed by atoms with Crippen LogP contribution in [0.4, 0.5) is 5.13 Å². The lowest BCUT2D eigenvalue weighted by Crippen LogP contribution is -2.43. The molecule has 164 valence electrons. The Hall–Kier alpha value is -2.66. The van der Waals surface area contributed by atoms with Crippen LogP contribution in [-0.2, 0) is 23.1 Å². The third-order valence-corrected chi connectivity index (χ3v) is 7.19. The van der Waals surface area contributed by atoms with E-state index in [1.807, 2.05) is 35.9 Å². The van der Waals surface area contributed by atoms with Crippen LogP contribution in [0.15, 0.2) is 28.6 Å². The highest BCUT2D eigenvalue weighted by Gasteiger charge is 2.16. The summed E-state index contributed by atoms with van der Waals surface area (Å²) >= 11 is 2.75. The van der Waals surface area contributed by atoms with Gasteiger partial charge in [0.1, 0.15) is 5.82 Å². The summed E-state index contributed by atoms with van der Waals surface area (Å²) in [7, 11) is 1.87. The van der Waals surface area contributed by atoms with Crippen LogP contribution in [0.25, 0.3) is 11.0 Å². The number of aromatic nitrogens is 4. The van der Waals surface area contributed by atoms with Gasteiger partial charge in [0.15, 0.2) is 4.34 Å². The molecule has 3 N–H and O–H groups in total. The van der Waals surface area contributed by atoms with Gasteiger partial charge in [-0.15, -0.1) is 10.2 Å². The van der Waals surface area contributed by atoms with Gasteiger partial charge in [-0.3, -0.25) is 20.4 Å². The molecule has 1 aromatic carbocycles. The molecule has 0 bridgehead atoms. The summed E-state index contributed by atoms with van der Waals surface area (Å²) in [6.07, 6.45) is 6.21. The van der Waals surface area contributed by atoms with Gasteiger partial charge >= 0.3 is 0 Å². The lowest BCUT2D eigenvalue weighted by Gasteiger charge is -2.21. The first-order chi connectivity index (χ1) is 15.1. The first kappa shape index (κ1) is 21.6. The number of nitrogens with zero attached hydrogens (tertiary/aromatic N) is 4. The molecular formula is C20H25N7O2S2. The Morgan fingerprint density at radius 1 is 1.13 bits per heavy atom. The molecule has 0 unspecified atom stereocenters. The number of carbonyl (C=O) groups excluding carboxylic acids is 2. The topological polar surface area (TPSA) is 114 Å². The zero-order valence-electron chi connectivity index (χ0n) is 17.3. The van der Waals surface area contributed by atoms with E-state index in [-0.39, 0.29) is 24.0 Å². The molecule has 1 saturated carbocycles. The Morgan fingerprint density at radius 2 is 1.90 bits per heavy atom. The standard InChI is InChI=1S/C20H25N7O2S2/c1-27-15-10-6-5-9-14(15)22-16(27)11-17(28)23-24-18(29)12-30-20-26-25-19(31-20)21-13-7-3-2-4-8-13/h5-6,9-10,13H,2-4,7-8,11-12H2,1H3,(H,21,25)(H,23,28)(H,24,29). The molecule has 2 amide bonds. The number of aryl methyl sites for hydroxylation is 1. The molecule has 1 aliphatic carbocycles. The van der Waals surface area contributed by atoms with E-state index in [1.165, 1.54) is 55.2 Å². The Labute approximate surface area is 188 Å². The van der Waals surface area contributed by atoms with Gasteiger partial charge in [-0.2, -0.15) is 0 Å². The third kappa shape index (κ3) is 5.73. The van der Waals surface area contributed by atoms with Crippen molar-refractivity contribution in [3.63, 3.8) is 0 Å². The zero-order valence-corrected chi connectivity index (χ0v) is 18.9. The first-order valence-electron chi connectivity index (χ1n) is 10.3. The summed E-state index contributed by atoms with van der Waals surface area (Å²) in [5.74, 6) is 0.145. The van der Waals surface area contributed by atoms with Gasteiger partial charge in [-0.1, -0.05) is 54.5 Å². The minimum atomic E-state index is -0.327. The fourth-order valence-electron chi connectivity index (χ4n) is 3.59. The Kier molecular flexibility index (Phi) is 7.03. The number of nitrogens with one attached hydrogen (secondary N) is 3. The molecule has 4 rings (SSSR count). The molecule has 0 aliphatic heterocycles. The molecule has 11 heteroatoms. The number of thioether (sulfide) groups is 1. The summed E-state index contributed by atoms with van der Waals surface area (Å²) in [6, 6.07) is 8.16. The van der Waals surface area contributed by atoms with Crippen molar-refractivity contribution in [3.05, 3.63) is 30.1 Å².